The summed E-state index contributed by atoms with van der Waals surface area (Å²) < 4.78 is 13.4. The smallest absolute Gasteiger partial charge is 0.401 e. The maximum Gasteiger partial charge on any atom is 0.486 e. The van der Waals surface area contributed by atoms with Crippen LogP contribution in [0.25, 0.3) is 0 Å². The predicted octanol–water partition coefficient (Wildman–Crippen LogP) is 5.21. The van der Waals surface area contributed by atoms with Gasteiger partial charge in [0, 0.05) is 5.41 Å². The number of rotatable bonds is 3. The van der Waals surface area contributed by atoms with E-state index < -0.39 is 8.07 Å². The zero-order valence-corrected chi connectivity index (χ0v) is 17.5. The highest BCUT2D eigenvalue weighted by molar-refractivity contribution is 6.81. The quantitative estimate of drug-likeness (QED) is 0.694. The van der Waals surface area contributed by atoms with Gasteiger partial charge in [0.25, 0.3) is 0 Å². The molecular formula is C21H31BO2Si. The van der Waals surface area contributed by atoms with E-state index in [1.165, 1.54) is 18.4 Å². The van der Waals surface area contributed by atoms with Crippen molar-refractivity contribution in [3.05, 3.63) is 47.6 Å². The van der Waals surface area contributed by atoms with Gasteiger partial charge in [0.2, 0.25) is 0 Å². The molecule has 0 amide bonds. The van der Waals surface area contributed by atoms with E-state index in [0.29, 0.717) is 5.92 Å². The van der Waals surface area contributed by atoms with Gasteiger partial charge in [-0.2, -0.15) is 0 Å². The molecule has 0 aromatic heterocycles. The van der Waals surface area contributed by atoms with Gasteiger partial charge in [-0.05, 0) is 29.7 Å². The normalized spacial score (nSPS) is 39.4. The number of benzene rings is 1. The van der Waals surface area contributed by atoms with Crippen LogP contribution in [-0.2, 0) is 14.9 Å². The van der Waals surface area contributed by atoms with Crippen LogP contribution in [0.5, 0.6) is 0 Å². The fraction of sp³-hybridized carbons (Fsp3) is 0.619. The molecular weight excluding hydrogens is 323 g/mol. The first-order valence-corrected chi connectivity index (χ1v) is 13.3. The van der Waals surface area contributed by atoms with Gasteiger partial charge in [-0.15, -0.1) is 5.70 Å². The Morgan fingerprint density at radius 1 is 1.12 bits per heavy atom. The molecule has 1 heterocycles. The van der Waals surface area contributed by atoms with Crippen molar-refractivity contribution in [3.63, 3.8) is 0 Å². The van der Waals surface area contributed by atoms with E-state index in [1.54, 1.807) is 0 Å². The Bertz CT molecular complexity index is 696. The molecule has 4 rings (SSSR count). The van der Waals surface area contributed by atoms with Crippen molar-refractivity contribution in [1.82, 2.24) is 0 Å². The molecule has 2 saturated carbocycles. The van der Waals surface area contributed by atoms with Gasteiger partial charge in [-0.1, -0.05) is 76.7 Å². The SMILES string of the molecule is CC1(C)[C@@H]2CC[C@@]1(C)[C@]1(c3ccccc3)OB(/C=C\[Si](C)(C)C)OC21. The third-order valence-electron chi connectivity index (χ3n) is 7.43. The summed E-state index contributed by atoms with van der Waals surface area (Å²) in [5.41, 5.74) is 3.64. The Kier molecular flexibility index (Phi) is 3.75. The van der Waals surface area contributed by atoms with Crippen LogP contribution < -0.4 is 0 Å². The van der Waals surface area contributed by atoms with E-state index in [9.17, 15) is 0 Å². The summed E-state index contributed by atoms with van der Waals surface area (Å²) in [5.74, 6) is 2.74. The average Bonchev–Trinajstić information content (AvgIpc) is 3.08. The summed E-state index contributed by atoms with van der Waals surface area (Å²) in [6.45, 7) is 14.3. The van der Waals surface area contributed by atoms with Crippen molar-refractivity contribution in [2.24, 2.45) is 16.7 Å². The Morgan fingerprint density at radius 3 is 2.44 bits per heavy atom. The molecule has 2 bridgehead atoms. The van der Waals surface area contributed by atoms with Gasteiger partial charge < -0.3 is 9.31 Å². The lowest BCUT2D eigenvalue weighted by molar-refractivity contribution is -0.0801. The molecule has 3 fully saturated rings. The molecule has 0 N–H and O–H groups in total. The first kappa shape index (κ1) is 17.6. The molecule has 25 heavy (non-hydrogen) atoms. The van der Waals surface area contributed by atoms with Crippen LogP contribution in [0.4, 0.5) is 0 Å². The second kappa shape index (κ2) is 5.34. The lowest BCUT2D eigenvalue weighted by atomic mass is 9.61. The van der Waals surface area contributed by atoms with E-state index in [1.807, 2.05) is 0 Å². The number of hydrogen-bond donors (Lipinski definition) is 0. The van der Waals surface area contributed by atoms with Crippen molar-refractivity contribution in [2.45, 2.75) is 65.0 Å². The van der Waals surface area contributed by atoms with E-state index in [4.69, 9.17) is 9.31 Å². The monoisotopic (exact) mass is 354 g/mol. The van der Waals surface area contributed by atoms with Crippen LogP contribution in [0.3, 0.4) is 0 Å². The summed E-state index contributed by atoms with van der Waals surface area (Å²) in [6.07, 6.45) is 2.61. The summed E-state index contributed by atoms with van der Waals surface area (Å²) in [5, 5.41) is 0. The third kappa shape index (κ3) is 2.23. The van der Waals surface area contributed by atoms with Crippen molar-refractivity contribution in [3.8, 4) is 0 Å². The van der Waals surface area contributed by atoms with Gasteiger partial charge in [0.05, 0.1) is 14.2 Å². The lowest BCUT2D eigenvalue weighted by Crippen LogP contribution is -2.50. The Morgan fingerprint density at radius 2 is 1.80 bits per heavy atom. The second-order valence-electron chi connectivity index (χ2n) is 10.1. The summed E-state index contributed by atoms with van der Waals surface area (Å²) in [4.78, 5) is 0. The van der Waals surface area contributed by atoms with E-state index in [-0.39, 0.29) is 29.7 Å². The lowest BCUT2D eigenvalue weighted by Gasteiger charge is -2.48. The Hall–Kier alpha value is -0.838. The first-order chi connectivity index (χ1) is 11.6. The summed E-state index contributed by atoms with van der Waals surface area (Å²) in [6, 6.07) is 10.8. The van der Waals surface area contributed by atoms with E-state index in [0.717, 1.165) is 0 Å². The highest BCUT2D eigenvalue weighted by atomic mass is 28.3. The van der Waals surface area contributed by atoms with Gasteiger partial charge in [0.1, 0.15) is 5.60 Å². The minimum atomic E-state index is -1.27. The highest BCUT2D eigenvalue weighted by Crippen LogP contribution is 2.76. The van der Waals surface area contributed by atoms with Crippen LogP contribution in [0.15, 0.2) is 42.0 Å². The van der Waals surface area contributed by atoms with Gasteiger partial charge in [0.15, 0.2) is 0 Å². The fourth-order valence-electron chi connectivity index (χ4n) is 5.76. The van der Waals surface area contributed by atoms with Crippen molar-refractivity contribution in [2.75, 3.05) is 0 Å². The van der Waals surface area contributed by atoms with Crippen molar-refractivity contribution >= 4 is 15.2 Å². The van der Waals surface area contributed by atoms with Crippen molar-refractivity contribution < 1.29 is 9.31 Å². The van der Waals surface area contributed by atoms with Gasteiger partial charge in [-0.3, -0.25) is 0 Å². The maximum absolute atomic E-state index is 6.84. The maximum atomic E-state index is 6.84. The highest BCUT2D eigenvalue weighted by Gasteiger charge is 2.78. The van der Waals surface area contributed by atoms with Crippen LogP contribution in [0.2, 0.25) is 19.6 Å². The average molecular weight is 354 g/mol. The molecule has 1 aliphatic heterocycles. The Balaban J connectivity index is 1.80. The zero-order valence-electron chi connectivity index (χ0n) is 16.5. The van der Waals surface area contributed by atoms with Gasteiger partial charge >= 0.3 is 7.12 Å². The Labute approximate surface area is 154 Å². The molecule has 1 saturated heterocycles. The molecule has 134 valence electrons. The molecule has 2 aliphatic carbocycles. The van der Waals surface area contributed by atoms with Crippen molar-refractivity contribution in [1.29, 1.82) is 0 Å². The molecule has 3 aliphatic rings. The van der Waals surface area contributed by atoms with E-state index >= 15 is 0 Å². The van der Waals surface area contributed by atoms with Crippen LogP contribution in [0, 0.1) is 16.7 Å². The van der Waals surface area contributed by atoms with Crippen LogP contribution in [-0.4, -0.2) is 21.3 Å². The van der Waals surface area contributed by atoms with E-state index in [2.05, 4.69) is 82.4 Å². The predicted molar refractivity (Wildman–Crippen MR) is 107 cm³/mol. The summed E-state index contributed by atoms with van der Waals surface area (Å²) >= 11 is 0. The van der Waals surface area contributed by atoms with Crippen LogP contribution >= 0.6 is 0 Å². The molecule has 2 nitrogen and oxygen atoms in total. The minimum absolute atomic E-state index is 0.0957. The molecule has 1 unspecified atom stereocenters. The molecule has 4 heteroatoms. The number of hydrogen-bond acceptors (Lipinski definition) is 2. The number of fused-ring (bicyclic) bond motifs is 5. The molecule has 4 atom stereocenters. The topological polar surface area (TPSA) is 18.5 Å². The molecule has 0 radical (unpaired) electrons. The third-order valence-corrected chi connectivity index (χ3v) is 8.62. The standard InChI is InChI=1S/C21H31BO2Si/c1-19(2)17-12-13-20(19,3)21(16-10-8-7-9-11-16)18(17)23-22(24-21)14-15-25(4,5)6/h7-11,14-15,17-18H,12-13H2,1-6H3/b15-14-/t17-,18?,20-,21-/m1/s1. The second-order valence-corrected chi connectivity index (χ2v) is 15.1. The molecule has 1 aromatic rings. The fourth-order valence-corrected chi connectivity index (χ4v) is 6.49. The largest absolute Gasteiger partial charge is 0.486 e. The molecule has 0 spiro atoms. The van der Waals surface area contributed by atoms with Crippen LogP contribution in [0.1, 0.15) is 39.2 Å². The summed E-state index contributed by atoms with van der Waals surface area (Å²) in [7, 11) is -1.49. The minimum Gasteiger partial charge on any atom is -0.401 e. The molecule has 1 aromatic carbocycles. The zero-order chi connectivity index (χ0) is 18.1. The first-order valence-electron chi connectivity index (χ1n) is 9.70. The van der Waals surface area contributed by atoms with Gasteiger partial charge in [-0.25, -0.2) is 0 Å².